The number of carboxylic acid groups (broad SMARTS) is 1. The van der Waals surface area contributed by atoms with E-state index in [1.165, 1.54) is 11.7 Å². The SMILES string of the molecule is CCN(CC)c1ccc(/C=c2/c(C(=O)O)c3c(n(-c4ccc(OC)cc4)c2=O)=NN(c2ccccc2)C3=O)c(C)c1. The van der Waals surface area contributed by atoms with Gasteiger partial charge in [-0.05, 0) is 86.5 Å². The van der Waals surface area contributed by atoms with E-state index in [0.29, 0.717) is 22.7 Å². The molecule has 1 aliphatic rings. The Morgan fingerprint density at radius 1 is 0.976 bits per heavy atom. The first-order valence-electron chi connectivity index (χ1n) is 13.3. The summed E-state index contributed by atoms with van der Waals surface area (Å²) >= 11 is 0. The fourth-order valence-corrected chi connectivity index (χ4v) is 5.06. The number of ether oxygens (including phenoxy) is 1. The number of benzene rings is 3. The maximum Gasteiger partial charge on any atom is 0.337 e. The van der Waals surface area contributed by atoms with Gasteiger partial charge in [-0.3, -0.25) is 14.2 Å². The van der Waals surface area contributed by atoms with Gasteiger partial charge in [-0.1, -0.05) is 24.3 Å². The summed E-state index contributed by atoms with van der Waals surface area (Å²) in [7, 11) is 1.53. The van der Waals surface area contributed by atoms with Crippen LogP contribution in [-0.2, 0) is 0 Å². The smallest absolute Gasteiger partial charge is 0.337 e. The molecule has 0 atom stereocenters. The molecule has 0 aliphatic carbocycles. The van der Waals surface area contributed by atoms with Crippen LogP contribution in [0.4, 0.5) is 11.4 Å². The van der Waals surface area contributed by atoms with Gasteiger partial charge in [0.2, 0.25) is 0 Å². The molecule has 1 aromatic heterocycles. The van der Waals surface area contributed by atoms with Gasteiger partial charge in [0.25, 0.3) is 11.5 Å². The fraction of sp³-hybridized carbons (Fsp3) is 0.188. The van der Waals surface area contributed by atoms with Crippen LogP contribution in [0.1, 0.15) is 45.7 Å². The molecule has 4 aromatic rings. The van der Waals surface area contributed by atoms with Crippen LogP contribution in [0, 0.1) is 6.92 Å². The van der Waals surface area contributed by atoms with Crippen LogP contribution >= 0.6 is 0 Å². The number of carbonyl (C=O) groups excluding carboxylic acids is 1. The summed E-state index contributed by atoms with van der Waals surface area (Å²) in [6, 6.07) is 21.2. The van der Waals surface area contributed by atoms with Gasteiger partial charge in [-0.15, -0.1) is 5.10 Å². The van der Waals surface area contributed by atoms with Crippen LogP contribution in [0.5, 0.6) is 5.75 Å². The summed E-state index contributed by atoms with van der Waals surface area (Å²) in [5, 5.41) is 15.9. The van der Waals surface area contributed by atoms with E-state index < -0.39 is 17.4 Å². The average Bonchev–Trinajstić information content (AvgIpc) is 3.31. The number of para-hydroxylation sites is 1. The molecule has 0 unspecified atom stereocenters. The molecule has 0 saturated heterocycles. The first-order valence-corrected chi connectivity index (χ1v) is 13.3. The number of methoxy groups -OCH3 is 1. The van der Waals surface area contributed by atoms with Crippen molar-refractivity contribution in [1.82, 2.24) is 4.57 Å². The minimum atomic E-state index is -1.39. The number of aromatic carboxylic acids is 1. The lowest BCUT2D eigenvalue weighted by Crippen LogP contribution is -2.47. The van der Waals surface area contributed by atoms with E-state index in [0.717, 1.165) is 29.3 Å². The van der Waals surface area contributed by atoms with Crippen molar-refractivity contribution in [3.8, 4) is 11.4 Å². The predicted octanol–water partition coefficient (Wildman–Crippen LogP) is 3.72. The Morgan fingerprint density at radius 3 is 2.24 bits per heavy atom. The molecule has 208 valence electrons. The van der Waals surface area contributed by atoms with Crippen LogP contribution in [0.3, 0.4) is 0 Å². The highest BCUT2D eigenvalue weighted by Gasteiger charge is 2.34. The third-order valence-electron chi connectivity index (χ3n) is 7.22. The molecule has 1 aliphatic heterocycles. The van der Waals surface area contributed by atoms with Crippen molar-refractivity contribution in [2.45, 2.75) is 20.8 Å². The highest BCUT2D eigenvalue weighted by molar-refractivity contribution is 6.12. The zero-order valence-corrected chi connectivity index (χ0v) is 23.3. The molecule has 0 bridgehead atoms. The van der Waals surface area contributed by atoms with E-state index >= 15 is 0 Å². The molecular formula is C32H30N4O5. The van der Waals surface area contributed by atoms with Crippen molar-refractivity contribution < 1.29 is 19.4 Å². The molecule has 41 heavy (non-hydrogen) atoms. The molecule has 1 amide bonds. The summed E-state index contributed by atoms with van der Waals surface area (Å²) in [5.74, 6) is -1.44. The molecule has 0 radical (unpaired) electrons. The Morgan fingerprint density at radius 2 is 1.66 bits per heavy atom. The first-order chi connectivity index (χ1) is 19.8. The van der Waals surface area contributed by atoms with Crippen LogP contribution in [0.15, 0.2) is 82.7 Å². The van der Waals surface area contributed by atoms with Gasteiger partial charge in [0.05, 0.1) is 29.3 Å². The number of fused-ring (bicyclic) bond motifs is 1. The summed E-state index contributed by atoms with van der Waals surface area (Å²) in [5.41, 5.74) is 2.25. The number of rotatable bonds is 8. The number of aryl methyl sites for hydroxylation is 1. The molecule has 1 N–H and O–H groups in total. The highest BCUT2D eigenvalue weighted by atomic mass is 16.5. The lowest BCUT2D eigenvalue weighted by atomic mass is 10.0. The topological polar surface area (TPSA) is 104 Å². The molecule has 0 spiro atoms. The standard InChI is InChI=1S/C32H30N4O5/c1-5-34(6-2)24-13-12-21(20(3)18-24)19-26-27(32(39)40)28-29(33-36(31(28)38)23-10-8-7-9-11-23)35(30(26)37)22-14-16-25(41-4)17-15-22/h7-19H,5-6H2,1-4H3,(H,39,40)/b26-19-. The predicted molar refractivity (Wildman–Crippen MR) is 158 cm³/mol. The number of nitrogens with zero attached hydrogens (tertiary/aromatic N) is 4. The average molecular weight is 551 g/mol. The zero-order valence-electron chi connectivity index (χ0n) is 23.3. The van der Waals surface area contributed by atoms with Gasteiger partial charge < -0.3 is 14.7 Å². The van der Waals surface area contributed by atoms with E-state index in [1.807, 2.05) is 25.1 Å². The molecular weight excluding hydrogens is 520 g/mol. The van der Waals surface area contributed by atoms with Crippen LogP contribution in [-0.4, -0.2) is 41.7 Å². The van der Waals surface area contributed by atoms with Gasteiger partial charge in [0, 0.05) is 18.8 Å². The Balaban J connectivity index is 1.84. The molecule has 3 aromatic carbocycles. The molecule has 2 heterocycles. The first kappa shape index (κ1) is 27.4. The molecule has 0 saturated carbocycles. The maximum atomic E-state index is 14.2. The third kappa shape index (κ3) is 4.86. The van der Waals surface area contributed by atoms with Crippen molar-refractivity contribution in [3.63, 3.8) is 0 Å². The van der Waals surface area contributed by atoms with Crippen molar-refractivity contribution in [3.05, 3.63) is 116 Å². The monoisotopic (exact) mass is 550 g/mol. The highest BCUT2D eigenvalue weighted by Crippen LogP contribution is 2.23. The van der Waals surface area contributed by atoms with Gasteiger partial charge in [-0.25, -0.2) is 4.79 Å². The van der Waals surface area contributed by atoms with Gasteiger partial charge >= 0.3 is 5.97 Å². The quantitative estimate of drug-likeness (QED) is 0.359. The van der Waals surface area contributed by atoms with Crippen molar-refractivity contribution >= 4 is 29.3 Å². The van der Waals surface area contributed by atoms with Gasteiger partial charge in [-0.2, -0.15) is 5.01 Å². The molecule has 9 heteroatoms. The summed E-state index contributed by atoms with van der Waals surface area (Å²) in [6.45, 7) is 7.73. The molecule has 0 fully saturated rings. The fourth-order valence-electron chi connectivity index (χ4n) is 5.06. The number of carbonyl (C=O) groups is 2. The Kier molecular flexibility index (Phi) is 7.43. The largest absolute Gasteiger partial charge is 0.497 e. The van der Waals surface area contributed by atoms with Crippen LogP contribution in [0.25, 0.3) is 11.8 Å². The van der Waals surface area contributed by atoms with E-state index in [-0.39, 0.29) is 21.8 Å². The van der Waals surface area contributed by atoms with Crippen LogP contribution < -0.4 is 30.9 Å². The minimum absolute atomic E-state index is 0.0443. The van der Waals surface area contributed by atoms with Gasteiger partial charge in [0.1, 0.15) is 11.3 Å². The number of aromatic nitrogens is 1. The second-order valence-electron chi connectivity index (χ2n) is 9.54. The normalized spacial score (nSPS) is 12.7. The lowest BCUT2D eigenvalue weighted by Gasteiger charge is -2.21. The molecule has 5 rings (SSSR count). The zero-order chi connectivity index (χ0) is 29.3. The third-order valence-corrected chi connectivity index (χ3v) is 7.22. The number of amides is 1. The lowest BCUT2D eigenvalue weighted by molar-refractivity contribution is 0.0690. The Labute approximate surface area is 236 Å². The van der Waals surface area contributed by atoms with Crippen molar-refractivity contribution in [2.75, 3.05) is 30.1 Å². The Hall–Kier alpha value is -5.18. The Bertz CT molecular complexity index is 1830. The molecule has 9 nitrogen and oxygen atoms in total. The number of hydrogen-bond donors (Lipinski definition) is 1. The van der Waals surface area contributed by atoms with Crippen molar-refractivity contribution in [2.24, 2.45) is 5.10 Å². The number of anilines is 2. The van der Waals surface area contributed by atoms with E-state index in [4.69, 9.17) is 4.74 Å². The van der Waals surface area contributed by atoms with E-state index in [9.17, 15) is 19.5 Å². The summed E-state index contributed by atoms with van der Waals surface area (Å²) in [6.07, 6.45) is 1.55. The second kappa shape index (κ2) is 11.1. The minimum Gasteiger partial charge on any atom is -0.497 e. The second-order valence-corrected chi connectivity index (χ2v) is 9.54. The summed E-state index contributed by atoms with van der Waals surface area (Å²) < 4.78 is 6.55. The summed E-state index contributed by atoms with van der Waals surface area (Å²) in [4.78, 5) is 42.9. The number of pyridine rings is 1. The number of hydrogen-bond acceptors (Lipinski definition) is 6. The van der Waals surface area contributed by atoms with E-state index in [1.54, 1.807) is 60.7 Å². The number of carboxylic acids is 1. The van der Waals surface area contributed by atoms with Crippen LogP contribution in [0.2, 0.25) is 0 Å². The maximum absolute atomic E-state index is 14.2. The van der Waals surface area contributed by atoms with E-state index in [2.05, 4.69) is 23.8 Å². The van der Waals surface area contributed by atoms with Gasteiger partial charge in [0.15, 0.2) is 5.49 Å². The van der Waals surface area contributed by atoms with Crippen molar-refractivity contribution in [1.29, 1.82) is 0 Å².